The fraction of sp³-hybridized carbons (Fsp3) is 0.200. The lowest BCUT2D eigenvalue weighted by molar-refractivity contribution is 0.411. The lowest BCUT2D eigenvalue weighted by Gasteiger charge is -2.23. The molecule has 0 aromatic heterocycles. The van der Waals surface area contributed by atoms with Gasteiger partial charge in [0, 0.05) is 16.6 Å². The Morgan fingerprint density at radius 1 is 1.13 bits per heavy atom. The zero-order valence-electron chi connectivity index (χ0n) is 12.4. The Labute approximate surface area is 154 Å². The number of nitrogens with zero attached hydrogens (tertiary/aromatic N) is 1. The van der Waals surface area contributed by atoms with Gasteiger partial charge < -0.3 is 4.74 Å². The minimum absolute atomic E-state index is 0.142. The summed E-state index contributed by atoms with van der Waals surface area (Å²) in [6.07, 6.45) is 0. The van der Waals surface area contributed by atoms with Crippen LogP contribution < -0.4 is 9.04 Å². The fourth-order valence-corrected chi connectivity index (χ4v) is 4.80. The highest BCUT2D eigenvalue weighted by Gasteiger charge is 2.25. The predicted molar refractivity (Wildman–Crippen MR) is 97.4 cm³/mol. The van der Waals surface area contributed by atoms with Crippen LogP contribution in [0.15, 0.2) is 45.8 Å². The second-order valence-corrected chi connectivity index (χ2v) is 8.18. The molecular weight excluding hydrogens is 425 g/mol. The van der Waals surface area contributed by atoms with E-state index in [1.165, 1.54) is 23.5 Å². The number of benzene rings is 2. The van der Waals surface area contributed by atoms with E-state index in [-0.39, 0.29) is 11.4 Å². The Kier molecular flexibility index (Phi) is 5.84. The molecule has 0 radical (unpaired) electrons. The summed E-state index contributed by atoms with van der Waals surface area (Å²) in [6.45, 7) is 1.98. The van der Waals surface area contributed by atoms with Gasteiger partial charge in [-0.3, -0.25) is 4.31 Å². The number of anilines is 1. The molecule has 0 aliphatic carbocycles. The van der Waals surface area contributed by atoms with Crippen molar-refractivity contribution < 1.29 is 13.2 Å². The molecule has 0 aliphatic rings. The van der Waals surface area contributed by atoms with Crippen LogP contribution in [0.25, 0.3) is 0 Å². The third-order valence-electron chi connectivity index (χ3n) is 3.13. The Morgan fingerprint density at radius 2 is 1.74 bits per heavy atom. The van der Waals surface area contributed by atoms with Gasteiger partial charge in [-0.2, -0.15) is 0 Å². The zero-order valence-corrected chi connectivity index (χ0v) is 16.3. The van der Waals surface area contributed by atoms with E-state index in [0.29, 0.717) is 26.0 Å². The van der Waals surface area contributed by atoms with Gasteiger partial charge in [-0.15, -0.1) is 0 Å². The van der Waals surface area contributed by atoms with Crippen molar-refractivity contribution in [2.45, 2.75) is 11.8 Å². The van der Waals surface area contributed by atoms with E-state index in [1.807, 2.05) is 0 Å². The van der Waals surface area contributed by atoms with Crippen LogP contribution in [0.4, 0.5) is 5.69 Å². The van der Waals surface area contributed by atoms with Gasteiger partial charge in [-0.1, -0.05) is 23.2 Å². The van der Waals surface area contributed by atoms with Gasteiger partial charge in [-0.05, 0) is 59.3 Å². The van der Waals surface area contributed by atoms with Crippen molar-refractivity contribution in [1.29, 1.82) is 0 Å². The highest BCUT2D eigenvalue weighted by molar-refractivity contribution is 9.10. The second kappa shape index (κ2) is 7.30. The number of hydrogen-bond acceptors (Lipinski definition) is 3. The Hall–Kier alpha value is -0.950. The molecule has 8 heteroatoms. The van der Waals surface area contributed by atoms with E-state index in [9.17, 15) is 8.42 Å². The summed E-state index contributed by atoms with van der Waals surface area (Å²) in [6, 6.07) is 9.27. The van der Waals surface area contributed by atoms with Crippen molar-refractivity contribution in [2.24, 2.45) is 0 Å². The van der Waals surface area contributed by atoms with E-state index in [4.69, 9.17) is 27.9 Å². The first-order valence-corrected chi connectivity index (χ1v) is 9.61. The average molecular weight is 439 g/mol. The number of hydrogen-bond donors (Lipinski definition) is 0. The maximum atomic E-state index is 12.9. The van der Waals surface area contributed by atoms with Crippen LogP contribution in [-0.4, -0.2) is 22.1 Å². The summed E-state index contributed by atoms with van der Waals surface area (Å²) in [5.74, 6) is 0.554. The highest BCUT2D eigenvalue weighted by atomic mass is 79.9. The van der Waals surface area contributed by atoms with Gasteiger partial charge >= 0.3 is 0 Å². The molecule has 2 aromatic rings. The summed E-state index contributed by atoms with van der Waals surface area (Å²) in [5.41, 5.74) is 0.414. The SMILES string of the molecule is CCN(c1cc(Cl)cc(Cl)c1)S(=O)(=O)c1ccc(OC)c(Br)c1. The maximum Gasteiger partial charge on any atom is 0.264 e. The minimum atomic E-state index is -3.75. The molecule has 0 saturated heterocycles. The largest absolute Gasteiger partial charge is 0.496 e. The van der Waals surface area contributed by atoms with E-state index < -0.39 is 10.0 Å². The van der Waals surface area contributed by atoms with E-state index in [0.717, 1.165) is 0 Å². The molecule has 0 amide bonds. The Bertz CT molecular complexity index is 807. The third-order valence-corrected chi connectivity index (χ3v) is 6.09. The third kappa shape index (κ3) is 3.94. The van der Waals surface area contributed by atoms with Crippen molar-refractivity contribution >= 4 is 54.8 Å². The van der Waals surface area contributed by atoms with E-state index in [2.05, 4.69) is 15.9 Å². The quantitative estimate of drug-likeness (QED) is 0.661. The van der Waals surface area contributed by atoms with Crippen LogP contribution in [0.5, 0.6) is 5.75 Å². The summed E-state index contributed by atoms with van der Waals surface area (Å²) in [4.78, 5) is 0.142. The molecule has 0 N–H and O–H groups in total. The van der Waals surface area contributed by atoms with Crippen LogP contribution in [0.2, 0.25) is 10.0 Å². The lowest BCUT2D eigenvalue weighted by Crippen LogP contribution is -2.30. The first-order chi connectivity index (χ1) is 10.8. The molecule has 0 aliphatic heterocycles. The lowest BCUT2D eigenvalue weighted by atomic mass is 10.3. The molecule has 2 rings (SSSR count). The predicted octanol–water partition coefficient (Wildman–Crippen LogP) is 4.98. The van der Waals surface area contributed by atoms with Crippen LogP contribution in [-0.2, 0) is 10.0 Å². The molecule has 124 valence electrons. The Morgan fingerprint density at radius 3 is 2.22 bits per heavy atom. The molecule has 0 spiro atoms. The second-order valence-electron chi connectivity index (χ2n) is 4.59. The number of methoxy groups -OCH3 is 1. The number of ether oxygens (including phenoxy) is 1. The highest BCUT2D eigenvalue weighted by Crippen LogP contribution is 2.32. The number of rotatable bonds is 5. The van der Waals surface area contributed by atoms with Gasteiger partial charge in [0.1, 0.15) is 5.75 Å². The molecule has 23 heavy (non-hydrogen) atoms. The molecule has 4 nitrogen and oxygen atoms in total. The minimum Gasteiger partial charge on any atom is -0.496 e. The summed E-state index contributed by atoms with van der Waals surface area (Å²) < 4.78 is 32.8. The Balaban J connectivity index is 2.53. The van der Waals surface area contributed by atoms with Crippen molar-refractivity contribution in [3.05, 3.63) is 50.9 Å². The van der Waals surface area contributed by atoms with Crippen molar-refractivity contribution in [3.8, 4) is 5.75 Å². The zero-order chi connectivity index (χ0) is 17.2. The van der Waals surface area contributed by atoms with Gasteiger partial charge in [-0.25, -0.2) is 8.42 Å². The summed E-state index contributed by atoms with van der Waals surface area (Å²) >= 11 is 15.3. The van der Waals surface area contributed by atoms with E-state index in [1.54, 1.807) is 31.2 Å². The molecule has 0 fully saturated rings. The van der Waals surface area contributed by atoms with Crippen LogP contribution in [0, 0.1) is 0 Å². The smallest absolute Gasteiger partial charge is 0.264 e. The van der Waals surface area contributed by atoms with Gasteiger partial charge in [0.05, 0.1) is 22.2 Å². The molecule has 0 saturated carbocycles. The first-order valence-electron chi connectivity index (χ1n) is 6.62. The first kappa shape index (κ1) is 18.4. The van der Waals surface area contributed by atoms with Gasteiger partial charge in [0.15, 0.2) is 0 Å². The van der Waals surface area contributed by atoms with Crippen LogP contribution in [0.3, 0.4) is 0 Å². The van der Waals surface area contributed by atoms with E-state index >= 15 is 0 Å². The summed E-state index contributed by atoms with van der Waals surface area (Å²) in [7, 11) is -2.24. The summed E-state index contributed by atoms with van der Waals surface area (Å²) in [5, 5.41) is 0.745. The van der Waals surface area contributed by atoms with Gasteiger partial charge in [0.25, 0.3) is 10.0 Å². The molecule has 0 bridgehead atoms. The van der Waals surface area contributed by atoms with Crippen molar-refractivity contribution in [3.63, 3.8) is 0 Å². The molecule has 0 heterocycles. The van der Waals surface area contributed by atoms with Crippen LogP contribution >= 0.6 is 39.1 Å². The maximum absolute atomic E-state index is 12.9. The molecular formula is C15H14BrCl2NO3S. The van der Waals surface area contributed by atoms with Crippen molar-refractivity contribution in [2.75, 3.05) is 18.0 Å². The topological polar surface area (TPSA) is 46.6 Å². The van der Waals surface area contributed by atoms with Crippen molar-refractivity contribution in [1.82, 2.24) is 0 Å². The van der Waals surface area contributed by atoms with Gasteiger partial charge in [0.2, 0.25) is 0 Å². The average Bonchev–Trinajstić information content (AvgIpc) is 2.46. The normalized spacial score (nSPS) is 11.3. The molecule has 0 atom stereocenters. The number of sulfonamides is 1. The standard InChI is InChI=1S/C15H14BrCl2NO3S/c1-3-19(12-7-10(17)6-11(18)8-12)23(20,21)13-4-5-15(22-2)14(16)9-13/h4-9H,3H2,1-2H3. The molecule has 0 unspecified atom stereocenters. The number of halogens is 3. The van der Waals surface area contributed by atoms with Crippen LogP contribution in [0.1, 0.15) is 6.92 Å². The fourth-order valence-electron chi connectivity index (χ4n) is 2.11. The molecule has 2 aromatic carbocycles. The monoisotopic (exact) mass is 437 g/mol.